The van der Waals surface area contributed by atoms with E-state index in [1.807, 2.05) is 11.0 Å². The molecular weight excluding hydrogens is 419 g/mol. The van der Waals surface area contributed by atoms with Crippen LogP contribution in [0.3, 0.4) is 0 Å². The minimum absolute atomic E-state index is 0.120. The molecule has 0 saturated carbocycles. The SMILES string of the molecule is Cc1ccc([C@H]2c3[nH]c4ccccc4c3CCN2C(=O)CSCc2ccc(F)cc2)cc1. The Balaban J connectivity index is 1.42. The molecule has 1 aliphatic rings. The Morgan fingerprint density at radius 3 is 2.59 bits per heavy atom. The lowest BCUT2D eigenvalue weighted by atomic mass is 9.92. The van der Waals surface area contributed by atoms with Crippen LogP contribution >= 0.6 is 11.8 Å². The zero-order valence-electron chi connectivity index (χ0n) is 18.0. The quantitative estimate of drug-likeness (QED) is 0.408. The summed E-state index contributed by atoms with van der Waals surface area (Å²) in [5.74, 6) is 0.979. The van der Waals surface area contributed by atoms with Gasteiger partial charge in [0.25, 0.3) is 0 Å². The van der Waals surface area contributed by atoms with E-state index in [4.69, 9.17) is 0 Å². The predicted molar refractivity (Wildman–Crippen MR) is 129 cm³/mol. The van der Waals surface area contributed by atoms with Crippen LogP contribution in [0, 0.1) is 12.7 Å². The van der Waals surface area contributed by atoms with Gasteiger partial charge in [-0.15, -0.1) is 11.8 Å². The zero-order valence-corrected chi connectivity index (χ0v) is 18.8. The molecule has 0 bridgehead atoms. The van der Waals surface area contributed by atoms with Crippen molar-refractivity contribution in [2.45, 2.75) is 25.1 Å². The molecule has 3 aromatic carbocycles. The maximum absolute atomic E-state index is 13.3. The first-order chi connectivity index (χ1) is 15.6. The van der Waals surface area contributed by atoms with Crippen molar-refractivity contribution in [3.63, 3.8) is 0 Å². The van der Waals surface area contributed by atoms with Crippen molar-refractivity contribution in [2.24, 2.45) is 0 Å². The predicted octanol–water partition coefficient (Wildman–Crippen LogP) is 6.02. The number of nitrogens with zero attached hydrogens (tertiary/aromatic N) is 1. The van der Waals surface area contributed by atoms with Crippen LogP contribution in [-0.2, 0) is 17.0 Å². The van der Waals surface area contributed by atoms with Gasteiger partial charge in [-0.3, -0.25) is 4.79 Å². The normalized spacial score (nSPS) is 15.7. The maximum atomic E-state index is 13.3. The van der Waals surface area contributed by atoms with Crippen molar-refractivity contribution < 1.29 is 9.18 Å². The fourth-order valence-electron chi connectivity index (χ4n) is 4.52. The number of halogens is 1. The number of benzene rings is 3. The van der Waals surface area contributed by atoms with Gasteiger partial charge in [0.2, 0.25) is 5.91 Å². The first kappa shape index (κ1) is 20.8. The van der Waals surface area contributed by atoms with Crippen molar-refractivity contribution in [3.8, 4) is 0 Å². The molecule has 5 rings (SSSR count). The van der Waals surface area contributed by atoms with E-state index in [-0.39, 0.29) is 17.8 Å². The highest BCUT2D eigenvalue weighted by Gasteiger charge is 2.34. The van der Waals surface area contributed by atoms with Crippen molar-refractivity contribution in [1.29, 1.82) is 0 Å². The first-order valence-electron chi connectivity index (χ1n) is 10.9. The summed E-state index contributed by atoms with van der Waals surface area (Å²) in [7, 11) is 0. The van der Waals surface area contributed by atoms with Gasteiger partial charge in [0.15, 0.2) is 0 Å². The van der Waals surface area contributed by atoms with Gasteiger partial charge in [-0.05, 0) is 48.2 Å². The molecule has 0 fully saturated rings. The Hall–Kier alpha value is -3.05. The van der Waals surface area contributed by atoms with Gasteiger partial charge in [-0.25, -0.2) is 4.39 Å². The molecule has 2 heterocycles. The van der Waals surface area contributed by atoms with Gasteiger partial charge in [0, 0.05) is 28.9 Å². The summed E-state index contributed by atoms with van der Waals surface area (Å²) in [5, 5.41) is 1.25. The van der Waals surface area contributed by atoms with E-state index in [0.29, 0.717) is 18.1 Å². The van der Waals surface area contributed by atoms with Gasteiger partial charge in [-0.2, -0.15) is 0 Å². The molecule has 0 aliphatic carbocycles. The van der Waals surface area contributed by atoms with Gasteiger partial charge in [0.1, 0.15) is 5.82 Å². The maximum Gasteiger partial charge on any atom is 0.233 e. The molecule has 0 unspecified atom stereocenters. The van der Waals surface area contributed by atoms with E-state index < -0.39 is 0 Å². The largest absolute Gasteiger partial charge is 0.356 e. The van der Waals surface area contributed by atoms with Gasteiger partial charge < -0.3 is 9.88 Å². The number of para-hydroxylation sites is 1. The summed E-state index contributed by atoms with van der Waals surface area (Å²) in [4.78, 5) is 19.0. The van der Waals surface area contributed by atoms with Crippen LogP contribution in [0.5, 0.6) is 0 Å². The highest BCUT2D eigenvalue weighted by Crippen LogP contribution is 2.38. The highest BCUT2D eigenvalue weighted by atomic mass is 32.2. The summed E-state index contributed by atoms with van der Waals surface area (Å²) in [6.45, 7) is 2.78. The monoisotopic (exact) mass is 444 g/mol. The van der Waals surface area contributed by atoms with Gasteiger partial charge in [0.05, 0.1) is 11.8 Å². The lowest BCUT2D eigenvalue weighted by Crippen LogP contribution is -2.41. The van der Waals surface area contributed by atoms with Crippen LogP contribution in [0.1, 0.15) is 34.0 Å². The van der Waals surface area contributed by atoms with Gasteiger partial charge >= 0.3 is 0 Å². The van der Waals surface area contributed by atoms with Gasteiger partial charge in [-0.1, -0.05) is 60.2 Å². The fourth-order valence-corrected chi connectivity index (χ4v) is 5.40. The molecule has 32 heavy (non-hydrogen) atoms. The highest BCUT2D eigenvalue weighted by molar-refractivity contribution is 7.99. The molecule has 162 valence electrons. The Kier molecular flexibility index (Phi) is 5.75. The minimum atomic E-state index is -0.238. The van der Waals surface area contributed by atoms with Crippen LogP contribution in [0.2, 0.25) is 0 Å². The number of nitrogens with one attached hydrogen (secondary N) is 1. The van der Waals surface area contributed by atoms with E-state index >= 15 is 0 Å². The Bertz CT molecular complexity index is 1250. The molecular formula is C27H25FN2OS. The zero-order chi connectivity index (χ0) is 22.1. The second kappa shape index (κ2) is 8.83. The summed E-state index contributed by atoms with van der Waals surface area (Å²) < 4.78 is 13.1. The van der Waals surface area contributed by atoms with Crippen molar-refractivity contribution in [3.05, 3.63) is 107 Å². The number of fused-ring (bicyclic) bond motifs is 3. The molecule has 1 atom stereocenters. The van der Waals surface area contributed by atoms with Crippen LogP contribution < -0.4 is 0 Å². The van der Waals surface area contributed by atoms with E-state index in [2.05, 4.69) is 54.4 Å². The number of hydrogen-bond donors (Lipinski definition) is 1. The molecule has 1 aliphatic heterocycles. The van der Waals surface area contributed by atoms with Crippen LogP contribution in [-0.4, -0.2) is 28.1 Å². The third-order valence-electron chi connectivity index (χ3n) is 6.16. The number of amides is 1. The number of thioether (sulfide) groups is 1. The number of aryl methyl sites for hydroxylation is 1. The molecule has 1 aromatic heterocycles. The van der Waals surface area contributed by atoms with Crippen LogP contribution in [0.25, 0.3) is 10.9 Å². The summed E-state index contributed by atoms with van der Waals surface area (Å²) in [6, 6.07) is 23.2. The smallest absolute Gasteiger partial charge is 0.233 e. The second-order valence-electron chi connectivity index (χ2n) is 8.33. The lowest BCUT2D eigenvalue weighted by Gasteiger charge is -2.36. The number of rotatable bonds is 5. The number of carbonyl (C=O) groups excluding carboxylic acids is 1. The number of hydrogen-bond acceptors (Lipinski definition) is 2. The molecule has 0 spiro atoms. The molecule has 3 nitrogen and oxygen atoms in total. The van der Waals surface area contributed by atoms with Crippen LogP contribution in [0.4, 0.5) is 4.39 Å². The van der Waals surface area contributed by atoms with E-state index in [1.54, 1.807) is 23.9 Å². The lowest BCUT2D eigenvalue weighted by molar-refractivity contribution is -0.130. The Morgan fingerprint density at radius 1 is 1.06 bits per heavy atom. The number of aromatic nitrogens is 1. The van der Waals surface area contributed by atoms with E-state index in [9.17, 15) is 9.18 Å². The van der Waals surface area contributed by atoms with E-state index in [1.165, 1.54) is 28.6 Å². The molecule has 0 saturated heterocycles. The standard InChI is InChI=1S/C27H25FN2OS/c1-18-6-10-20(11-7-18)27-26-23(22-4-2-3-5-24(22)29-26)14-15-30(27)25(31)17-32-16-19-8-12-21(28)13-9-19/h2-13,27,29H,14-17H2,1H3/t27-/m0/s1. The average molecular weight is 445 g/mol. The summed E-state index contributed by atoms with van der Waals surface area (Å²) >= 11 is 1.58. The van der Waals surface area contributed by atoms with Crippen LogP contribution in [0.15, 0.2) is 72.8 Å². The Labute approximate surface area is 191 Å². The minimum Gasteiger partial charge on any atom is -0.356 e. The average Bonchev–Trinajstić information content (AvgIpc) is 3.19. The molecule has 5 heteroatoms. The van der Waals surface area contributed by atoms with Crippen molar-refractivity contribution >= 4 is 28.6 Å². The molecule has 0 radical (unpaired) electrons. The Morgan fingerprint density at radius 2 is 1.81 bits per heavy atom. The third kappa shape index (κ3) is 4.05. The fraction of sp³-hybridized carbons (Fsp3) is 0.222. The summed E-state index contributed by atoms with van der Waals surface area (Å²) in [6.07, 6.45) is 0.843. The third-order valence-corrected chi connectivity index (χ3v) is 7.14. The molecule has 1 amide bonds. The first-order valence-corrected chi connectivity index (χ1v) is 12.0. The summed E-state index contributed by atoms with van der Waals surface area (Å²) in [5.41, 5.74) is 6.91. The number of aromatic amines is 1. The number of carbonyl (C=O) groups is 1. The second-order valence-corrected chi connectivity index (χ2v) is 9.32. The van der Waals surface area contributed by atoms with Crippen molar-refractivity contribution in [2.75, 3.05) is 12.3 Å². The van der Waals surface area contributed by atoms with Crippen molar-refractivity contribution in [1.82, 2.24) is 9.88 Å². The molecule has 1 N–H and O–H groups in total. The van der Waals surface area contributed by atoms with E-state index in [0.717, 1.165) is 28.8 Å². The molecule has 4 aromatic rings. The number of H-pyrrole nitrogens is 1. The topological polar surface area (TPSA) is 36.1 Å².